The first kappa shape index (κ1) is 23.2. The number of hydrogen-bond donors (Lipinski definition) is 2. The van der Waals surface area contributed by atoms with Crippen LogP contribution < -0.4 is 10.7 Å². The van der Waals surface area contributed by atoms with Crippen LogP contribution in [0.3, 0.4) is 0 Å². The molecule has 0 saturated carbocycles. The molecule has 3 rings (SSSR count). The molecule has 2 amide bonds. The van der Waals surface area contributed by atoms with E-state index in [9.17, 15) is 14.4 Å². The number of hydrazone groups is 1. The number of nitrogens with one attached hydrogen (secondary N) is 2. The Morgan fingerprint density at radius 1 is 1.16 bits per heavy atom. The summed E-state index contributed by atoms with van der Waals surface area (Å²) in [5, 5.41) is 7.25. The predicted molar refractivity (Wildman–Crippen MR) is 122 cm³/mol. The molecule has 0 saturated heterocycles. The maximum atomic E-state index is 12.5. The van der Waals surface area contributed by atoms with E-state index < -0.39 is 17.8 Å². The fourth-order valence-corrected chi connectivity index (χ4v) is 4.87. The number of carbonyl (C=O) groups is 3. The number of nitrogens with zero attached hydrogens (tertiary/aromatic N) is 1. The van der Waals surface area contributed by atoms with Crippen LogP contribution in [-0.2, 0) is 27.2 Å². The van der Waals surface area contributed by atoms with Crippen LogP contribution in [-0.4, -0.2) is 30.6 Å². The number of ether oxygens (including phenoxy) is 1. The van der Waals surface area contributed by atoms with E-state index in [4.69, 9.17) is 27.9 Å². The number of hydrogen-bond acceptors (Lipinski definition) is 6. The quantitative estimate of drug-likeness (QED) is 0.214. The van der Waals surface area contributed by atoms with Gasteiger partial charge in [0.2, 0.25) is 0 Å². The summed E-state index contributed by atoms with van der Waals surface area (Å²) in [6, 6.07) is 4.97. The molecular weight excluding hydrogens is 461 g/mol. The minimum atomic E-state index is -0.979. The van der Waals surface area contributed by atoms with Crippen LogP contribution in [0.2, 0.25) is 10.0 Å². The Hall–Kier alpha value is -2.42. The van der Waals surface area contributed by atoms with Gasteiger partial charge in [0.1, 0.15) is 5.00 Å². The molecule has 0 unspecified atom stereocenters. The third kappa shape index (κ3) is 5.64. The molecule has 0 fully saturated rings. The highest BCUT2D eigenvalue weighted by Gasteiger charge is 2.27. The smallest absolute Gasteiger partial charge is 0.341 e. The number of anilines is 1. The Bertz CT molecular complexity index is 1040. The SMILES string of the molecule is CCOC(=O)c1c(NC(=O)C(=O)N/N=C/c2cccc(Cl)c2Cl)sc2c1CCCCC2. The van der Waals surface area contributed by atoms with Gasteiger partial charge in [0.25, 0.3) is 0 Å². The first-order chi connectivity index (χ1) is 14.9. The lowest BCUT2D eigenvalue weighted by Crippen LogP contribution is -2.32. The van der Waals surface area contributed by atoms with Crippen molar-refractivity contribution in [3.63, 3.8) is 0 Å². The number of rotatable bonds is 5. The monoisotopic (exact) mass is 481 g/mol. The van der Waals surface area contributed by atoms with Crippen LogP contribution in [0.25, 0.3) is 0 Å². The molecule has 2 aromatic rings. The van der Waals surface area contributed by atoms with E-state index in [1.54, 1.807) is 25.1 Å². The summed E-state index contributed by atoms with van der Waals surface area (Å²) in [4.78, 5) is 38.2. The summed E-state index contributed by atoms with van der Waals surface area (Å²) < 4.78 is 5.18. The van der Waals surface area contributed by atoms with E-state index in [1.165, 1.54) is 17.6 Å². The fourth-order valence-electron chi connectivity index (χ4n) is 3.24. The van der Waals surface area contributed by atoms with E-state index >= 15 is 0 Å². The van der Waals surface area contributed by atoms with Crippen molar-refractivity contribution < 1.29 is 19.1 Å². The van der Waals surface area contributed by atoms with Crippen LogP contribution in [0, 0.1) is 0 Å². The molecule has 1 aliphatic carbocycles. The molecule has 0 aliphatic heterocycles. The molecule has 0 spiro atoms. The van der Waals surface area contributed by atoms with Gasteiger partial charge in [-0.2, -0.15) is 5.10 Å². The number of aryl methyl sites for hydroxylation is 1. The first-order valence-electron chi connectivity index (χ1n) is 9.82. The Kier molecular flexibility index (Phi) is 8.06. The van der Waals surface area contributed by atoms with Crippen LogP contribution in [0.15, 0.2) is 23.3 Å². The minimum Gasteiger partial charge on any atom is -0.462 e. The number of amides is 2. The van der Waals surface area contributed by atoms with Crippen LogP contribution in [0.4, 0.5) is 5.00 Å². The van der Waals surface area contributed by atoms with Gasteiger partial charge in [-0.15, -0.1) is 11.3 Å². The molecule has 1 heterocycles. The fraction of sp³-hybridized carbons (Fsp3) is 0.333. The lowest BCUT2D eigenvalue weighted by Gasteiger charge is -2.08. The van der Waals surface area contributed by atoms with E-state index in [2.05, 4.69) is 15.8 Å². The van der Waals surface area contributed by atoms with Gasteiger partial charge in [-0.05, 0) is 44.2 Å². The Labute approximate surface area is 193 Å². The van der Waals surface area contributed by atoms with E-state index in [-0.39, 0.29) is 11.6 Å². The van der Waals surface area contributed by atoms with E-state index in [0.717, 1.165) is 42.5 Å². The van der Waals surface area contributed by atoms with Crippen molar-refractivity contribution in [2.45, 2.75) is 39.0 Å². The molecule has 10 heteroatoms. The average molecular weight is 482 g/mol. The highest BCUT2D eigenvalue weighted by Crippen LogP contribution is 2.38. The van der Waals surface area contributed by atoms with Gasteiger partial charge in [-0.25, -0.2) is 10.2 Å². The number of esters is 1. The number of fused-ring (bicyclic) bond motifs is 1. The summed E-state index contributed by atoms with van der Waals surface area (Å²) in [7, 11) is 0. The van der Waals surface area contributed by atoms with Crippen LogP contribution >= 0.6 is 34.5 Å². The Balaban J connectivity index is 1.73. The lowest BCUT2D eigenvalue weighted by atomic mass is 10.1. The second-order valence-electron chi connectivity index (χ2n) is 6.79. The predicted octanol–water partition coefficient (Wildman–Crippen LogP) is 4.59. The van der Waals surface area contributed by atoms with Gasteiger partial charge >= 0.3 is 17.8 Å². The highest BCUT2D eigenvalue weighted by molar-refractivity contribution is 7.17. The zero-order valence-electron chi connectivity index (χ0n) is 16.8. The van der Waals surface area contributed by atoms with Gasteiger partial charge in [-0.3, -0.25) is 9.59 Å². The van der Waals surface area contributed by atoms with Crippen molar-refractivity contribution in [3.8, 4) is 0 Å². The molecule has 1 aromatic heterocycles. The Morgan fingerprint density at radius 3 is 2.71 bits per heavy atom. The average Bonchev–Trinajstić information content (AvgIpc) is 2.91. The zero-order valence-corrected chi connectivity index (χ0v) is 19.1. The summed E-state index contributed by atoms with van der Waals surface area (Å²) in [5.41, 5.74) is 3.89. The maximum absolute atomic E-state index is 12.5. The first-order valence-corrected chi connectivity index (χ1v) is 11.4. The van der Waals surface area contributed by atoms with Crippen molar-refractivity contribution in [3.05, 3.63) is 49.8 Å². The topological polar surface area (TPSA) is 96.9 Å². The Morgan fingerprint density at radius 2 is 1.94 bits per heavy atom. The zero-order chi connectivity index (χ0) is 22.4. The van der Waals surface area contributed by atoms with Gasteiger partial charge in [0, 0.05) is 10.4 Å². The molecule has 0 bridgehead atoms. The van der Waals surface area contributed by atoms with Crippen molar-refractivity contribution in [1.82, 2.24) is 5.43 Å². The molecule has 2 N–H and O–H groups in total. The molecule has 0 radical (unpaired) electrons. The summed E-state index contributed by atoms with van der Waals surface area (Å²) in [6.45, 7) is 1.94. The van der Waals surface area contributed by atoms with Crippen molar-refractivity contribution >= 4 is 63.5 Å². The van der Waals surface area contributed by atoms with Crippen LogP contribution in [0.5, 0.6) is 0 Å². The van der Waals surface area contributed by atoms with E-state index in [1.807, 2.05) is 0 Å². The summed E-state index contributed by atoms with van der Waals surface area (Å²) in [6.07, 6.45) is 5.93. The van der Waals surface area contributed by atoms with Gasteiger partial charge in [0.15, 0.2) is 0 Å². The molecule has 1 aromatic carbocycles. The highest BCUT2D eigenvalue weighted by atomic mass is 35.5. The van der Waals surface area contributed by atoms with Crippen molar-refractivity contribution in [1.29, 1.82) is 0 Å². The lowest BCUT2D eigenvalue weighted by molar-refractivity contribution is -0.136. The number of carbonyl (C=O) groups excluding carboxylic acids is 3. The minimum absolute atomic E-state index is 0.220. The van der Waals surface area contributed by atoms with Crippen molar-refractivity contribution in [2.75, 3.05) is 11.9 Å². The number of benzene rings is 1. The molecule has 7 nitrogen and oxygen atoms in total. The standard InChI is InChI=1S/C21H21Cl2N3O4S/c1-2-30-21(29)16-13-8-4-3-5-10-15(13)31-20(16)25-18(27)19(28)26-24-11-12-7-6-9-14(22)17(12)23/h6-7,9,11H,2-5,8,10H2,1H3,(H,25,27)(H,26,28)/b24-11+. The van der Waals surface area contributed by atoms with Crippen molar-refractivity contribution in [2.24, 2.45) is 5.10 Å². The van der Waals surface area contributed by atoms with Crippen LogP contribution in [0.1, 0.15) is 52.5 Å². The largest absolute Gasteiger partial charge is 0.462 e. The molecule has 164 valence electrons. The second kappa shape index (κ2) is 10.7. The maximum Gasteiger partial charge on any atom is 0.341 e. The molecule has 1 aliphatic rings. The number of halogens is 2. The molecule has 31 heavy (non-hydrogen) atoms. The number of thiophene rings is 1. The van der Waals surface area contributed by atoms with E-state index in [0.29, 0.717) is 21.2 Å². The van der Waals surface area contributed by atoms with Gasteiger partial charge in [-0.1, -0.05) is 41.8 Å². The third-order valence-electron chi connectivity index (χ3n) is 4.69. The van der Waals surface area contributed by atoms with Gasteiger partial charge in [0.05, 0.1) is 28.4 Å². The molecule has 0 atom stereocenters. The summed E-state index contributed by atoms with van der Waals surface area (Å²) in [5.74, 6) is -2.41. The molecular formula is C21H21Cl2N3O4S. The van der Waals surface area contributed by atoms with Gasteiger partial charge < -0.3 is 10.1 Å². The summed E-state index contributed by atoms with van der Waals surface area (Å²) >= 11 is 13.3. The normalized spacial score (nSPS) is 13.4. The second-order valence-corrected chi connectivity index (χ2v) is 8.68. The third-order valence-corrected chi connectivity index (χ3v) is 6.73.